The van der Waals surface area contributed by atoms with Crippen molar-refractivity contribution < 1.29 is 0 Å². The smallest absolute Gasteiger partial charge is 0.191 e. The standard InChI is InChI=1S/C19H22N4S/c1-14-5-7-15(8-6-14)13-24-19-21-20-18(23(19)4)16-9-11-17(12-10-16)22(2)3/h5-12H,13H2,1-4H3. The number of aromatic nitrogens is 3. The number of hydrogen-bond acceptors (Lipinski definition) is 4. The molecule has 1 aromatic heterocycles. The van der Waals surface area contributed by atoms with Crippen LogP contribution in [-0.2, 0) is 12.8 Å². The van der Waals surface area contributed by atoms with E-state index in [1.807, 2.05) is 21.1 Å². The Labute approximate surface area is 147 Å². The molecule has 0 spiro atoms. The van der Waals surface area contributed by atoms with Crippen LogP contribution in [0.4, 0.5) is 5.69 Å². The Morgan fingerprint density at radius 1 is 0.958 bits per heavy atom. The van der Waals surface area contributed by atoms with Crippen molar-refractivity contribution in [2.24, 2.45) is 7.05 Å². The predicted octanol–water partition coefficient (Wildman–Crippen LogP) is 4.15. The molecule has 2 aromatic carbocycles. The number of benzene rings is 2. The maximum atomic E-state index is 4.37. The first-order valence-corrected chi connectivity index (χ1v) is 8.88. The van der Waals surface area contributed by atoms with Gasteiger partial charge < -0.3 is 9.47 Å². The summed E-state index contributed by atoms with van der Waals surface area (Å²) in [6.07, 6.45) is 0. The van der Waals surface area contributed by atoms with Crippen molar-refractivity contribution in [2.45, 2.75) is 17.8 Å². The van der Waals surface area contributed by atoms with Gasteiger partial charge >= 0.3 is 0 Å². The van der Waals surface area contributed by atoms with Crippen LogP contribution in [0.2, 0.25) is 0 Å². The van der Waals surface area contributed by atoms with Crippen molar-refractivity contribution in [1.82, 2.24) is 14.8 Å². The zero-order chi connectivity index (χ0) is 17.1. The zero-order valence-corrected chi connectivity index (χ0v) is 15.3. The van der Waals surface area contributed by atoms with Gasteiger partial charge in [-0.25, -0.2) is 0 Å². The van der Waals surface area contributed by atoms with Gasteiger partial charge in [0.15, 0.2) is 11.0 Å². The topological polar surface area (TPSA) is 34.0 Å². The quantitative estimate of drug-likeness (QED) is 0.655. The molecular weight excluding hydrogens is 316 g/mol. The predicted molar refractivity (Wildman–Crippen MR) is 102 cm³/mol. The van der Waals surface area contributed by atoms with E-state index in [2.05, 4.69) is 75.1 Å². The van der Waals surface area contributed by atoms with Gasteiger partial charge in [0.25, 0.3) is 0 Å². The van der Waals surface area contributed by atoms with Gasteiger partial charge in [0.05, 0.1) is 0 Å². The van der Waals surface area contributed by atoms with E-state index in [9.17, 15) is 0 Å². The highest BCUT2D eigenvalue weighted by Crippen LogP contribution is 2.26. The summed E-state index contributed by atoms with van der Waals surface area (Å²) in [7, 11) is 6.10. The molecule has 24 heavy (non-hydrogen) atoms. The molecule has 0 amide bonds. The van der Waals surface area contributed by atoms with E-state index in [1.54, 1.807) is 11.8 Å². The lowest BCUT2D eigenvalue weighted by atomic mass is 10.2. The summed E-state index contributed by atoms with van der Waals surface area (Å²) in [5.41, 5.74) is 4.84. The number of nitrogens with zero attached hydrogens (tertiary/aromatic N) is 4. The van der Waals surface area contributed by atoms with Crippen LogP contribution in [0.1, 0.15) is 11.1 Å². The average Bonchev–Trinajstić information content (AvgIpc) is 2.95. The van der Waals surface area contributed by atoms with E-state index in [-0.39, 0.29) is 0 Å². The summed E-state index contributed by atoms with van der Waals surface area (Å²) in [6, 6.07) is 17.0. The third-order valence-corrected chi connectivity index (χ3v) is 5.06. The largest absolute Gasteiger partial charge is 0.378 e. The number of hydrogen-bond donors (Lipinski definition) is 0. The Morgan fingerprint density at radius 2 is 1.62 bits per heavy atom. The SMILES string of the molecule is Cc1ccc(CSc2nnc(-c3ccc(N(C)C)cc3)n2C)cc1. The molecule has 124 valence electrons. The molecular formula is C19H22N4S. The van der Waals surface area contributed by atoms with Crippen LogP contribution in [0.5, 0.6) is 0 Å². The normalized spacial score (nSPS) is 10.8. The molecule has 4 nitrogen and oxygen atoms in total. The zero-order valence-electron chi connectivity index (χ0n) is 14.5. The summed E-state index contributed by atoms with van der Waals surface area (Å²) in [6.45, 7) is 2.10. The van der Waals surface area contributed by atoms with Crippen LogP contribution in [-0.4, -0.2) is 28.9 Å². The highest BCUT2D eigenvalue weighted by atomic mass is 32.2. The molecule has 0 fully saturated rings. The first kappa shape index (κ1) is 16.6. The van der Waals surface area contributed by atoms with Crippen LogP contribution in [0.3, 0.4) is 0 Å². The molecule has 0 aliphatic rings. The van der Waals surface area contributed by atoms with Crippen LogP contribution in [0, 0.1) is 6.92 Å². The molecule has 0 radical (unpaired) electrons. The van der Waals surface area contributed by atoms with E-state index in [0.717, 1.165) is 22.3 Å². The van der Waals surface area contributed by atoms with Gasteiger partial charge in [-0.2, -0.15) is 0 Å². The lowest BCUT2D eigenvalue weighted by Gasteiger charge is -2.12. The van der Waals surface area contributed by atoms with Crippen molar-refractivity contribution in [3.05, 3.63) is 59.7 Å². The fourth-order valence-electron chi connectivity index (χ4n) is 2.43. The van der Waals surface area contributed by atoms with Gasteiger partial charge in [-0.1, -0.05) is 41.6 Å². The van der Waals surface area contributed by atoms with Gasteiger partial charge in [-0.3, -0.25) is 0 Å². The van der Waals surface area contributed by atoms with E-state index in [1.165, 1.54) is 16.8 Å². The summed E-state index contributed by atoms with van der Waals surface area (Å²) < 4.78 is 2.06. The molecule has 5 heteroatoms. The van der Waals surface area contributed by atoms with Crippen molar-refractivity contribution >= 4 is 17.4 Å². The van der Waals surface area contributed by atoms with Crippen LogP contribution >= 0.6 is 11.8 Å². The summed E-state index contributed by atoms with van der Waals surface area (Å²) in [4.78, 5) is 2.09. The molecule has 1 heterocycles. The number of thioether (sulfide) groups is 1. The molecule has 0 bridgehead atoms. The molecule has 0 saturated heterocycles. The van der Waals surface area contributed by atoms with Crippen molar-refractivity contribution in [3.8, 4) is 11.4 Å². The second-order valence-electron chi connectivity index (χ2n) is 6.08. The third-order valence-electron chi connectivity index (χ3n) is 3.97. The van der Waals surface area contributed by atoms with Crippen LogP contribution in [0.15, 0.2) is 53.7 Å². The lowest BCUT2D eigenvalue weighted by molar-refractivity contribution is 0.794. The molecule has 0 atom stereocenters. The number of rotatable bonds is 5. The highest BCUT2D eigenvalue weighted by molar-refractivity contribution is 7.98. The lowest BCUT2D eigenvalue weighted by Crippen LogP contribution is -2.08. The van der Waals surface area contributed by atoms with E-state index in [4.69, 9.17) is 0 Å². The second kappa shape index (κ2) is 7.09. The summed E-state index contributed by atoms with van der Waals surface area (Å²) in [5.74, 6) is 1.79. The molecule has 0 aliphatic heterocycles. The Morgan fingerprint density at radius 3 is 2.25 bits per heavy atom. The number of aryl methyl sites for hydroxylation is 1. The van der Waals surface area contributed by atoms with Gasteiger partial charge in [0, 0.05) is 38.1 Å². The van der Waals surface area contributed by atoms with Gasteiger partial charge in [-0.05, 0) is 36.8 Å². The molecule has 3 rings (SSSR count). The Hall–Kier alpha value is -2.27. The summed E-state index contributed by atoms with van der Waals surface area (Å²) in [5, 5.41) is 9.65. The monoisotopic (exact) mass is 338 g/mol. The fourth-order valence-corrected chi connectivity index (χ4v) is 3.30. The van der Waals surface area contributed by atoms with Crippen molar-refractivity contribution in [1.29, 1.82) is 0 Å². The first-order chi connectivity index (χ1) is 11.5. The van der Waals surface area contributed by atoms with Crippen molar-refractivity contribution in [3.63, 3.8) is 0 Å². The maximum absolute atomic E-state index is 4.37. The number of anilines is 1. The molecule has 3 aromatic rings. The average molecular weight is 338 g/mol. The Kier molecular flexibility index (Phi) is 4.90. The highest BCUT2D eigenvalue weighted by Gasteiger charge is 2.11. The maximum Gasteiger partial charge on any atom is 0.191 e. The van der Waals surface area contributed by atoms with Crippen LogP contribution in [0.25, 0.3) is 11.4 Å². The Bertz CT molecular complexity index is 804. The van der Waals surface area contributed by atoms with Crippen LogP contribution < -0.4 is 4.90 Å². The van der Waals surface area contributed by atoms with Gasteiger partial charge in [0.2, 0.25) is 0 Å². The fraction of sp³-hybridized carbons (Fsp3) is 0.263. The van der Waals surface area contributed by atoms with E-state index >= 15 is 0 Å². The van der Waals surface area contributed by atoms with Crippen molar-refractivity contribution in [2.75, 3.05) is 19.0 Å². The van der Waals surface area contributed by atoms with Gasteiger partial charge in [-0.15, -0.1) is 10.2 Å². The van der Waals surface area contributed by atoms with Gasteiger partial charge in [0.1, 0.15) is 0 Å². The molecule has 0 unspecified atom stereocenters. The summed E-state index contributed by atoms with van der Waals surface area (Å²) >= 11 is 1.71. The molecule has 0 aliphatic carbocycles. The molecule has 0 saturated carbocycles. The van der Waals surface area contributed by atoms with E-state index < -0.39 is 0 Å². The minimum atomic E-state index is 0.895. The third kappa shape index (κ3) is 3.62. The first-order valence-electron chi connectivity index (χ1n) is 7.90. The van der Waals surface area contributed by atoms with E-state index in [0.29, 0.717) is 0 Å². The minimum absolute atomic E-state index is 0.895. The minimum Gasteiger partial charge on any atom is -0.378 e. The second-order valence-corrected chi connectivity index (χ2v) is 7.02. The Balaban J connectivity index is 1.74. The molecule has 0 N–H and O–H groups in total.